The maximum Gasteiger partial charge on any atom is 0.425 e. The van der Waals surface area contributed by atoms with E-state index in [0.717, 1.165) is 6.92 Å². The van der Waals surface area contributed by atoms with Gasteiger partial charge in [0, 0.05) is 5.56 Å². The molecule has 0 saturated carbocycles. The van der Waals surface area contributed by atoms with Gasteiger partial charge >= 0.3 is 12.1 Å². The van der Waals surface area contributed by atoms with Crippen molar-refractivity contribution in [2.24, 2.45) is 0 Å². The Balaban J connectivity index is 3.12. The van der Waals surface area contributed by atoms with Crippen molar-refractivity contribution in [1.82, 2.24) is 10.2 Å². The molecule has 1 rings (SSSR count). The van der Waals surface area contributed by atoms with Gasteiger partial charge in [0.1, 0.15) is 11.4 Å². The molecule has 0 saturated heterocycles. The van der Waals surface area contributed by atoms with E-state index in [4.69, 9.17) is 5.11 Å². The number of carboxylic acid groups (broad SMARTS) is 1. The van der Waals surface area contributed by atoms with E-state index in [1.54, 1.807) is 0 Å². The zero-order chi connectivity index (χ0) is 11.8. The van der Waals surface area contributed by atoms with Crippen LogP contribution in [0.5, 0.6) is 0 Å². The molecule has 4 nitrogen and oxygen atoms in total. The lowest BCUT2D eigenvalue weighted by Crippen LogP contribution is -2.17. The number of halogens is 4. The summed E-state index contributed by atoms with van der Waals surface area (Å²) in [5, 5.41) is 13.3. The Morgan fingerprint density at radius 3 is 2.40 bits per heavy atom. The average Bonchev–Trinajstić information content (AvgIpc) is 2.44. The Hall–Kier alpha value is -1.60. The lowest BCUT2D eigenvalue weighted by atomic mass is 10.1. The van der Waals surface area contributed by atoms with Crippen molar-refractivity contribution in [3.63, 3.8) is 0 Å². The minimum atomic E-state index is -5.09. The van der Waals surface area contributed by atoms with E-state index in [-0.39, 0.29) is 5.56 Å². The normalized spacial score (nSPS) is 13.9. The van der Waals surface area contributed by atoms with Gasteiger partial charge in [-0.05, 0) is 6.92 Å². The molecule has 0 spiro atoms. The van der Waals surface area contributed by atoms with Crippen LogP contribution >= 0.6 is 0 Å². The topological polar surface area (TPSA) is 66.0 Å². The van der Waals surface area contributed by atoms with Crippen LogP contribution in [0.3, 0.4) is 0 Å². The summed E-state index contributed by atoms with van der Waals surface area (Å²) in [6, 6.07) is 0. The van der Waals surface area contributed by atoms with Crippen molar-refractivity contribution in [3.05, 3.63) is 17.0 Å². The number of aromatic nitrogens is 2. The number of carbonyl (C=O) groups is 1. The van der Waals surface area contributed by atoms with E-state index in [9.17, 15) is 22.4 Å². The van der Waals surface area contributed by atoms with Gasteiger partial charge in [-0.1, -0.05) is 0 Å². The lowest BCUT2D eigenvalue weighted by Gasteiger charge is -2.10. The Labute approximate surface area is 80.9 Å². The summed E-state index contributed by atoms with van der Waals surface area (Å²) in [7, 11) is 0. The molecule has 0 fully saturated rings. The van der Waals surface area contributed by atoms with Gasteiger partial charge in [-0.2, -0.15) is 18.3 Å². The average molecular weight is 226 g/mol. The molecule has 2 N–H and O–H groups in total. The predicted octanol–water partition coefficient (Wildman–Crippen LogP) is 1.99. The number of nitrogens with one attached hydrogen (secondary N) is 1. The predicted molar refractivity (Wildman–Crippen MR) is 40.2 cm³/mol. The number of carboxylic acids is 1. The first-order valence-corrected chi connectivity index (χ1v) is 3.74. The molecule has 8 heteroatoms. The summed E-state index contributed by atoms with van der Waals surface area (Å²) >= 11 is 0. The molecule has 1 unspecified atom stereocenters. The fourth-order valence-electron chi connectivity index (χ4n) is 1.02. The van der Waals surface area contributed by atoms with Crippen molar-refractivity contribution in [1.29, 1.82) is 0 Å². The molecule has 84 valence electrons. The highest BCUT2D eigenvalue weighted by Crippen LogP contribution is 2.36. The number of nitrogens with zero attached hydrogens (tertiary/aromatic N) is 1. The third-order valence-electron chi connectivity index (χ3n) is 1.79. The molecular weight excluding hydrogens is 220 g/mol. The monoisotopic (exact) mass is 226 g/mol. The Bertz CT molecular complexity index is 385. The molecule has 0 aliphatic carbocycles. The molecule has 0 aliphatic heterocycles. The van der Waals surface area contributed by atoms with Gasteiger partial charge in [-0.3, -0.25) is 5.10 Å². The van der Waals surface area contributed by atoms with E-state index in [1.807, 2.05) is 5.10 Å². The van der Waals surface area contributed by atoms with Crippen molar-refractivity contribution in [2.45, 2.75) is 19.3 Å². The summed E-state index contributed by atoms with van der Waals surface area (Å²) in [5.41, 5.74) is -1.84. The third kappa shape index (κ3) is 2.08. The number of aromatic amines is 1. The van der Waals surface area contributed by atoms with E-state index < -0.39 is 29.7 Å². The van der Waals surface area contributed by atoms with Crippen molar-refractivity contribution in [2.75, 3.05) is 0 Å². The van der Waals surface area contributed by atoms with Gasteiger partial charge in [0.2, 0.25) is 6.17 Å². The molecule has 1 heterocycles. The summed E-state index contributed by atoms with van der Waals surface area (Å²) in [4.78, 5) is 10.4. The number of hydrogen-bond donors (Lipinski definition) is 2. The van der Waals surface area contributed by atoms with Crippen LogP contribution in [-0.2, 0) is 0 Å². The molecule has 0 bridgehead atoms. The first-order valence-electron chi connectivity index (χ1n) is 3.74. The van der Waals surface area contributed by atoms with Crippen LogP contribution in [0.25, 0.3) is 0 Å². The second-order valence-electron chi connectivity index (χ2n) is 2.82. The molecule has 0 radical (unpaired) electrons. The van der Waals surface area contributed by atoms with Crippen LogP contribution in [0.1, 0.15) is 27.9 Å². The quantitative estimate of drug-likeness (QED) is 0.758. The first kappa shape index (κ1) is 11.5. The highest BCUT2D eigenvalue weighted by molar-refractivity contribution is 5.87. The van der Waals surface area contributed by atoms with Gasteiger partial charge in [-0.15, -0.1) is 0 Å². The largest absolute Gasteiger partial charge is 0.477 e. The molecular formula is C7H6F4N2O2. The fourth-order valence-corrected chi connectivity index (χ4v) is 1.02. The zero-order valence-electron chi connectivity index (χ0n) is 7.39. The SMILES string of the molecule is Cc1c(C(F)C(F)(F)F)n[nH]c1C(=O)O. The molecule has 0 aliphatic rings. The highest BCUT2D eigenvalue weighted by Gasteiger charge is 2.44. The smallest absolute Gasteiger partial charge is 0.425 e. The third-order valence-corrected chi connectivity index (χ3v) is 1.79. The molecule has 15 heavy (non-hydrogen) atoms. The Morgan fingerprint density at radius 2 is 2.07 bits per heavy atom. The van der Waals surface area contributed by atoms with Crippen LogP contribution < -0.4 is 0 Å². The van der Waals surface area contributed by atoms with Gasteiger partial charge in [0.05, 0.1) is 0 Å². The van der Waals surface area contributed by atoms with Crippen LogP contribution in [-0.4, -0.2) is 27.4 Å². The van der Waals surface area contributed by atoms with Gasteiger partial charge in [-0.25, -0.2) is 9.18 Å². The van der Waals surface area contributed by atoms with E-state index in [1.165, 1.54) is 0 Å². The second kappa shape index (κ2) is 3.52. The minimum Gasteiger partial charge on any atom is -0.477 e. The number of hydrogen-bond acceptors (Lipinski definition) is 2. The summed E-state index contributed by atoms with van der Waals surface area (Å²) < 4.78 is 48.6. The van der Waals surface area contributed by atoms with Crippen LogP contribution in [0.4, 0.5) is 17.6 Å². The summed E-state index contributed by atoms with van der Waals surface area (Å²) in [5.74, 6) is -1.49. The zero-order valence-corrected chi connectivity index (χ0v) is 7.39. The van der Waals surface area contributed by atoms with Gasteiger partial charge < -0.3 is 5.11 Å². The van der Waals surface area contributed by atoms with E-state index >= 15 is 0 Å². The van der Waals surface area contributed by atoms with Crippen molar-refractivity contribution in [3.8, 4) is 0 Å². The number of aromatic carboxylic acids is 1. The number of rotatable bonds is 2. The standard InChI is InChI=1S/C7H6F4N2O2/c1-2-3(5(8)7(9,10)11)12-13-4(2)6(14)15/h5H,1H3,(H,12,13)(H,14,15). The molecule has 1 aromatic heterocycles. The maximum absolute atomic E-state index is 12.8. The Kier molecular flexibility index (Phi) is 2.69. The van der Waals surface area contributed by atoms with E-state index in [0.29, 0.717) is 0 Å². The van der Waals surface area contributed by atoms with Gasteiger partial charge in [0.15, 0.2) is 0 Å². The van der Waals surface area contributed by atoms with Gasteiger partial charge in [0.25, 0.3) is 0 Å². The van der Waals surface area contributed by atoms with E-state index in [2.05, 4.69) is 5.10 Å². The first-order chi connectivity index (χ1) is 6.75. The maximum atomic E-state index is 12.8. The molecule has 1 atom stereocenters. The summed E-state index contributed by atoms with van der Waals surface area (Å²) in [6.45, 7) is 1.06. The lowest BCUT2D eigenvalue weighted by molar-refractivity contribution is -0.184. The van der Waals surface area contributed by atoms with Crippen molar-refractivity contribution < 1.29 is 27.5 Å². The number of alkyl halides is 4. The van der Waals surface area contributed by atoms with Crippen LogP contribution in [0, 0.1) is 6.92 Å². The molecule has 1 aromatic rings. The van der Waals surface area contributed by atoms with Crippen LogP contribution in [0.15, 0.2) is 0 Å². The minimum absolute atomic E-state index is 0.354. The molecule has 0 amide bonds. The van der Waals surface area contributed by atoms with Crippen molar-refractivity contribution >= 4 is 5.97 Å². The summed E-state index contributed by atoms with van der Waals surface area (Å²) in [6.07, 6.45) is -8.36. The number of H-pyrrole nitrogens is 1. The fraction of sp³-hybridized carbons (Fsp3) is 0.429. The highest BCUT2D eigenvalue weighted by atomic mass is 19.4. The Morgan fingerprint density at radius 1 is 1.53 bits per heavy atom. The second-order valence-corrected chi connectivity index (χ2v) is 2.82. The molecule has 0 aromatic carbocycles. The van der Waals surface area contributed by atoms with Crippen LogP contribution in [0.2, 0.25) is 0 Å².